The first-order chi connectivity index (χ1) is 27.6. The van der Waals surface area contributed by atoms with Gasteiger partial charge >= 0.3 is 7.82 Å². The van der Waals surface area contributed by atoms with Gasteiger partial charge in [-0.1, -0.05) is 144 Å². The Hall–Kier alpha value is -3.70. The van der Waals surface area contributed by atoms with Gasteiger partial charge in [-0.05, 0) is 68.2 Å². The fraction of sp³-hybridized carbons (Fsp3) is 0.500. The molecule has 3 atom stereocenters. The lowest BCUT2D eigenvalue weighted by Gasteiger charge is -2.21. The molecule has 0 saturated carbocycles. The predicted molar refractivity (Wildman–Crippen MR) is 233 cm³/mol. The number of phosphoric acid groups is 1. The molecule has 0 aliphatic rings. The minimum Gasteiger partial charge on any atom is -0.403 e. The van der Waals surface area contributed by atoms with Crippen LogP contribution in [0.2, 0.25) is 5.02 Å². The van der Waals surface area contributed by atoms with Crippen molar-refractivity contribution >= 4 is 42.1 Å². The van der Waals surface area contributed by atoms with E-state index in [9.17, 15) is 19.0 Å². The molecule has 4 rings (SSSR count). The quantitative estimate of drug-likeness (QED) is 0.0310. The molecule has 3 aromatic carbocycles. The number of phosphoric ester groups is 1. The van der Waals surface area contributed by atoms with E-state index in [0.717, 1.165) is 79.8 Å². The molecule has 4 aromatic rings. The predicted octanol–water partition coefficient (Wildman–Crippen LogP) is 8.98. The maximum atomic E-state index is 13.3. The van der Waals surface area contributed by atoms with Crippen molar-refractivity contribution in [1.82, 2.24) is 20.5 Å². The number of amides is 2. The molecule has 57 heavy (non-hydrogen) atoms. The van der Waals surface area contributed by atoms with Crippen LogP contribution in [0.25, 0.3) is 10.9 Å². The van der Waals surface area contributed by atoms with Gasteiger partial charge in [0.05, 0.1) is 17.7 Å². The third-order valence-electron chi connectivity index (χ3n) is 9.88. The van der Waals surface area contributed by atoms with Crippen LogP contribution in [-0.4, -0.2) is 71.5 Å². The molecule has 314 valence electrons. The van der Waals surface area contributed by atoms with Crippen molar-refractivity contribution in [1.29, 1.82) is 0 Å². The van der Waals surface area contributed by atoms with Crippen molar-refractivity contribution in [3.05, 3.63) is 101 Å². The summed E-state index contributed by atoms with van der Waals surface area (Å²) in [5.74, 6) is -0.440. The van der Waals surface area contributed by atoms with E-state index < -0.39 is 19.9 Å². The van der Waals surface area contributed by atoms with Crippen LogP contribution >= 0.6 is 19.4 Å². The Morgan fingerprint density at radius 2 is 1.37 bits per heavy atom. The van der Waals surface area contributed by atoms with Gasteiger partial charge in [0.25, 0.3) is 0 Å². The number of aromatic amines is 1. The fourth-order valence-electron chi connectivity index (χ4n) is 6.47. The first-order valence-electron chi connectivity index (χ1n) is 20.6. The van der Waals surface area contributed by atoms with Crippen LogP contribution in [0.1, 0.15) is 96.1 Å². The van der Waals surface area contributed by atoms with Crippen molar-refractivity contribution in [3.8, 4) is 5.75 Å². The lowest BCUT2D eigenvalue weighted by Crippen LogP contribution is -2.53. The summed E-state index contributed by atoms with van der Waals surface area (Å²) in [4.78, 5) is 42.0. The zero-order valence-corrected chi connectivity index (χ0v) is 35.7. The molecular weight excluding hydrogens is 761 g/mol. The number of nitrogens with two attached hydrogens (primary N) is 1. The van der Waals surface area contributed by atoms with Gasteiger partial charge in [-0.15, -0.1) is 0 Å². The number of unbranched alkanes of at least 4 members (excludes halogenated alkanes) is 9. The average Bonchev–Trinajstić information content (AvgIpc) is 3.62. The zero-order valence-electron chi connectivity index (χ0n) is 34.1. The van der Waals surface area contributed by atoms with E-state index in [1.165, 1.54) is 25.7 Å². The molecular formula is C44H65ClN5O6P. The highest BCUT2D eigenvalue weighted by molar-refractivity contribution is 7.47. The van der Waals surface area contributed by atoms with Crippen molar-refractivity contribution < 1.29 is 28.1 Å². The highest BCUT2D eigenvalue weighted by atomic mass is 35.5. The van der Waals surface area contributed by atoms with Gasteiger partial charge in [0.2, 0.25) is 11.8 Å². The van der Waals surface area contributed by atoms with Gasteiger partial charge < -0.3 is 30.8 Å². The van der Waals surface area contributed by atoms with Crippen LogP contribution in [0.4, 0.5) is 0 Å². The second-order valence-electron chi connectivity index (χ2n) is 14.2. The van der Waals surface area contributed by atoms with Gasteiger partial charge in [-0.25, -0.2) is 4.57 Å². The number of carbonyl (C=O) groups is 2. The van der Waals surface area contributed by atoms with Crippen LogP contribution in [0.5, 0.6) is 5.75 Å². The van der Waals surface area contributed by atoms with Crippen LogP contribution in [0.3, 0.4) is 0 Å². The highest BCUT2D eigenvalue weighted by Gasteiger charge is 2.26. The summed E-state index contributed by atoms with van der Waals surface area (Å²) in [7, 11) is -4.21. The van der Waals surface area contributed by atoms with Crippen molar-refractivity contribution in [2.75, 3.05) is 32.8 Å². The summed E-state index contributed by atoms with van der Waals surface area (Å²) in [5.41, 5.74) is 9.15. The summed E-state index contributed by atoms with van der Waals surface area (Å²) in [6, 6.07) is 22.5. The lowest BCUT2D eigenvalue weighted by molar-refractivity contribution is -0.129. The van der Waals surface area contributed by atoms with E-state index >= 15 is 0 Å². The molecule has 1 aromatic heterocycles. The second-order valence-corrected chi connectivity index (χ2v) is 16.0. The number of rotatable bonds is 26. The number of hydrogen-bond acceptors (Lipinski definition) is 7. The Morgan fingerprint density at radius 3 is 2.00 bits per heavy atom. The van der Waals surface area contributed by atoms with Crippen LogP contribution in [0, 0.1) is 0 Å². The maximum Gasteiger partial charge on any atom is 0.527 e. The van der Waals surface area contributed by atoms with E-state index in [2.05, 4.69) is 41.3 Å². The van der Waals surface area contributed by atoms with Gasteiger partial charge in [0.1, 0.15) is 11.8 Å². The number of para-hydroxylation sites is 2. The molecule has 0 aliphatic heterocycles. The van der Waals surface area contributed by atoms with E-state index in [0.29, 0.717) is 25.8 Å². The number of benzene rings is 3. The van der Waals surface area contributed by atoms with Gasteiger partial charge in [-0.3, -0.25) is 19.0 Å². The molecule has 0 aliphatic carbocycles. The van der Waals surface area contributed by atoms with Crippen molar-refractivity contribution in [3.63, 3.8) is 0 Å². The molecule has 1 heterocycles. The van der Waals surface area contributed by atoms with Crippen LogP contribution in [-0.2, 0) is 31.5 Å². The minimum absolute atomic E-state index is 0.122. The average molecular weight is 826 g/mol. The number of H-pyrrole nitrogens is 1. The van der Waals surface area contributed by atoms with Gasteiger partial charge in [0.15, 0.2) is 0 Å². The smallest absolute Gasteiger partial charge is 0.403 e. The Morgan fingerprint density at radius 1 is 0.789 bits per heavy atom. The SMILES string of the molecule is CCN(CC)CC.N[C@H](Cc1ccccc1)C(=O)N[C@H](Cc1c[nH]c2ccccc12)C(=O)NCCCCCCCCCCCCOP(=O)(O)Oc1ccccc1Cl. The lowest BCUT2D eigenvalue weighted by atomic mass is 10.0. The largest absolute Gasteiger partial charge is 0.527 e. The number of nitrogens with one attached hydrogen (secondary N) is 3. The number of hydrogen-bond donors (Lipinski definition) is 5. The van der Waals surface area contributed by atoms with E-state index in [4.69, 9.17) is 26.4 Å². The monoisotopic (exact) mass is 825 g/mol. The van der Waals surface area contributed by atoms with E-state index in [-0.39, 0.29) is 29.2 Å². The zero-order chi connectivity index (χ0) is 41.3. The first kappa shape index (κ1) is 47.7. The molecule has 0 radical (unpaired) electrons. The number of carbonyl (C=O) groups excluding carboxylic acids is 2. The Labute approximate surface area is 345 Å². The topological polar surface area (TPSA) is 159 Å². The van der Waals surface area contributed by atoms with Crippen molar-refractivity contribution in [2.24, 2.45) is 5.73 Å². The normalized spacial score (nSPS) is 13.3. The summed E-state index contributed by atoms with van der Waals surface area (Å²) < 4.78 is 22.2. The van der Waals surface area contributed by atoms with Crippen LogP contribution < -0.4 is 20.9 Å². The molecule has 11 nitrogen and oxygen atoms in total. The standard InChI is InChI=1S/C38H50ClN4O6P.C6H15N/c39-32-21-13-15-23-36(32)49-50(46,47)48-25-17-8-6-4-2-1-3-5-7-16-24-41-38(45)35(27-30-28-42-34-22-14-12-20-31(30)34)43-37(44)33(40)26-29-18-10-9-11-19-29;1-4-7(5-2)6-3/h9-15,18-23,28,33,35,42H,1-8,16-17,24-27,40H2,(H,41,45)(H,43,44)(H,46,47);4-6H2,1-3H3/t33-,35-;/m1./s1. The highest BCUT2D eigenvalue weighted by Crippen LogP contribution is 2.45. The molecule has 6 N–H and O–H groups in total. The number of halogens is 1. The summed E-state index contributed by atoms with van der Waals surface area (Å²) in [6.45, 7) is 10.8. The van der Waals surface area contributed by atoms with Gasteiger partial charge in [0, 0.05) is 30.1 Å². The Kier molecular flexibility index (Phi) is 22.6. The summed E-state index contributed by atoms with van der Waals surface area (Å²) in [5, 5.41) is 7.23. The number of nitrogens with zero attached hydrogens (tertiary/aromatic N) is 1. The summed E-state index contributed by atoms with van der Waals surface area (Å²) in [6.07, 6.45) is 12.7. The number of fused-ring (bicyclic) bond motifs is 1. The third kappa shape index (κ3) is 18.6. The van der Waals surface area contributed by atoms with E-state index in [1.807, 2.05) is 60.8 Å². The second kappa shape index (κ2) is 27.1. The fourth-order valence-corrected chi connectivity index (χ4v) is 7.51. The molecule has 0 fully saturated rings. The molecule has 13 heteroatoms. The first-order valence-corrected chi connectivity index (χ1v) is 22.5. The molecule has 1 unspecified atom stereocenters. The third-order valence-corrected chi connectivity index (χ3v) is 11.1. The Balaban J connectivity index is 0.00000113. The van der Waals surface area contributed by atoms with Crippen molar-refractivity contribution in [2.45, 2.75) is 110 Å². The van der Waals surface area contributed by atoms with E-state index in [1.54, 1.807) is 18.2 Å². The molecule has 0 saturated heterocycles. The minimum atomic E-state index is -4.21. The van der Waals surface area contributed by atoms with Crippen LogP contribution in [0.15, 0.2) is 85.1 Å². The number of aromatic nitrogens is 1. The molecule has 0 bridgehead atoms. The summed E-state index contributed by atoms with van der Waals surface area (Å²) >= 11 is 5.97. The Bertz CT molecular complexity index is 1770. The molecule has 0 spiro atoms. The van der Waals surface area contributed by atoms with Gasteiger partial charge in [-0.2, -0.15) is 0 Å². The molecule has 2 amide bonds. The maximum absolute atomic E-state index is 13.3.